The van der Waals surface area contributed by atoms with Crippen molar-refractivity contribution in [3.05, 3.63) is 42.3 Å². The molecule has 1 heterocycles. The van der Waals surface area contributed by atoms with Gasteiger partial charge in [0, 0.05) is 17.8 Å². The average molecular weight is 231 g/mol. The van der Waals surface area contributed by atoms with Crippen LogP contribution in [0.4, 0.5) is 11.4 Å². The van der Waals surface area contributed by atoms with Crippen molar-refractivity contribution in [1.29, 1.82) is 0 Å². The summed E-state index contributed by atoms with van der Waals surface area (Å²) in [6, 6.07) is 7.26. The van der Waals surface area contributed by atoms with E-state index in [1.54, 1.807) is 12.1 Å². The van der Waals surface area contributed by atoms with E-state index >= 15 is 0 Å². The van der Waals surface area contributed by atoms with Crippen molar-refractivity contribution < 1.29 is 9.32 Å². The Balaban J connectivity index is 2.04. The van der Waals surface area contributed by atoms with Crippen LogP contribution in [0.5, 0.6) is 0 Å². The molecule has 0 saturated carbocycles. The summed E-state index contributed by atoms with van der Waals surface area (Å²) < 4.78 is 4.63. The molecule has 0 atom stereocenters. The monoisotopic (exact) mass is 231 g/mol. The van der Waals surface area contributed by atoms with E-state index in [1.807, 2.05) is 19.1 Å². The van der Waals surface area contributed by atoms with Gasteiger partial charge in [-0.05, 0) is 31.2 Å². The molecule has 17 heavy (non-hydrogen) atoms. The number of anilines is 2. The molecule has 0 bridgehead atoms. The van der Waals surface area contributed by atoms with Crippen molar-refractivity contribution in [3.8, 4) is 0 Å². The van der Waals surface area contributed by atoms with Gasteiger partial charge in [0.2, 0.25) is 0 Å². The lowest BCUT2D eigenvalue weighted by atomic mass is 10.2. The Morgan fingerprint density at radius 3 is 2.65 bits per heavy atom. The van der Waals surface area contributed by atoms with Crippen LogP contribution in [0.1, 0.15) is 17.3 Å². The highest BCUT2D eigenvalue weighted by Crippen LogP contribution is 2.11. The van der Waals surface area contributed by atoms with Gasteiger partial charge in [-0.3, -0.25) is 4.79 Å². The molecule has 2 N–H and O–H groups in total. The highest BCUT2D eigenvalue weighted by Gasteiger charge is 2.06. The molecular formula is C12H13N3O2. The minimum absolute atomic E-state index is 0.184. The first-order chi connectivity index (χ1) is 8.29. The molecule has 0 aliphatic heterocycles. The van der Waals surface area contributed by atoms with Gasteiger partial charge in [0.05, 0.1) is 6.20 Å². The molecule has 1 aromatic carbocycles. The zero-order valence-corrected chi connectivity index (χ0v) is 9.43. The number of hydrogen-bond acceptors (Lipinski definition) is 4. The van der Waals surface area contributed by atoms with Crippen molar-refractivity contribution in [2.75, 3.05) is 17.2 Å². The third-order valence-electron chi connectivity index (χ3n) is 2.22. The fourth-order valence-corrected chi connectivity index (χ4v) is 1.41. The summed E-state index contributed by atoms with van der Waals surface area (Å²) in [5, 5.41) is 9.34. The third kappa shape index (κ3) is 2.84. The molecule has 1 amide bonds. The first kappa shape index (κ1) is 11.2. The van der Waals surface area contributed by atoms with Gasteiger partial charge in [0.1, 0.15) is 12.0 Å². The Hall–Kier alpha value is -2.30. The normalized spacial score (nSPS) is 9.94. The van der Waals surface area contributed by atoms with Crippen molar-refractivity contribution in [1.82, 2.24) is 5.16 Å². The van der Waals surface area contributed by atoms with Gasteiger partial charge in [0.25, 0.3) is 5.91 Å². The first-order valence-electron chi connectivity index (χ1n) is 5.34. The summed E-state index contributed by atoms with van der Waals surface area (Å²) in [7, 11) is 0. The molecule has 0 aliphatic rings. The average Bonchev–Trinajstić information content (AvgIpc) is 2.83. The standard InChI is InChI=1S/C12H13N3O2/c1-2-13-10-5-3-9(4-6-10)12(16)15-11-7-14-17-8-11/h3-8,13H,2H2,1H3,(H,15,16). The van der Waals surface area contributed by atoms with Crippen LogP contribution in [-0.2, 0) is 0 Å². The largest absolute Gasteiger partial charge is 0.385 e. The van der Waals surface area contributed by atoms with Gasteiger partial charge in [-0.2, -0.15) is 0 Å². The van der Waals surface area contributed by atoms with E-state index in [0.29, 0.717) is 11.3 Å². The smallest absolute Gasteiger partial charge is 0.255 e. The second-order valence-corrected chi connectivity index (χ2v) is 3.47. The van der Waals surface area contributed by atoms with E-state index in [4.69, 9.17) is 0 Å². The number of benzene rings is 1. The summed E-state index contributed by atoms with van der Waals surface area (Å²) in [5.41, 5.74) is 2.13. The molecule has 2 aromatic rings. The Bertz CT molecular complexity index is 477. The van der Waals surface area contributed by atoms with Crippen LogP contribution in [0, 0.1) is 0 Å². The zero-order valence-electron chi connectivity index (χ0n) is 9.43. The van der Waals surface area contributed by atoms with Gasteiger partial charge < -0.3 is 15.2 Å². The SMILES string of the molecule is CCNc1ccc(C(=O)Nc2cnoc2)cc1. The second kappa shape index (κ2) is 5.16. The highest BCUT2D eigenvalue weighted by atomic mass is 16.5. The van der Waals surface area contributed by atoms with Gasteiger partial charge in [-0.25, -0.2) is 0 Å². The number of amides is 1. The maximum Gasteiger partial charge on any atom is 0.255 e. The van der Waals surface area contributed by atoms with Crippen molar-refractivity contribution in [2.45, 2.75) is 6.92 Å². The van der Waals surface area contributed by atoms with Crippen LogP contribution in [-0.4, -0.2) is 17.6 Å². The molecule has 0 unspecified atom stereocenters. The molecular weight excluding hydrogens is 218 g/mol. The first-order valence-corrected chi connectivity index (χ1v) is 5.34. The fraction of sp³-hybridized carbons (Fsp3) is 0.167. The lowest BCUT2D eigenvalue weighted by molar-refractivity contribution is 0.102. The maximum atomic E-state index is 11.8. The molecule has 0 saturated heterocycles. The number of carbonyl (C=O) groups excluding carboxylic acids is 1. The summed E-state index contributed by atoms with van der Waals surface area (Å²) in [5.74, 6) is -0.184. The van der Waals surface area contributed by atoms with Gasteiger partial charge >= 0.3 is 0 Å². The van der Waals surface area contributed by atoms with Crippen molar-refractivity contribution >= 4 is 17.3 Å². The van der Waals surface area contributed by atoms with Crippen molar-refractivity contribution in [3.63, 3.8) is 0 Å². The number of nitrogens with one attached hydrogen (secondary N) is 2. The number of rotatable bonds is 4. The minimum Gasteiger partial charge on any atom is -0.385 e. The lowest BCUT2D eigenvalue weighted by Crippen LogP contribution is -2.11. The molecule has 88 valence electrons. The summed E-state index contributed by atoms with van der Waals surface area (Å²) >= 11 is 0. The number of aromatic nitrogens is 1. The van der Waals surface area contributed by atoms with E-state index in [-0.39, 0.29) is 5.91 Å². The van der Waals surface area contributed by atoms with Crippen LogP contribution in [0.3, 0.4) is 0 Å². The Morgan fingerprint density at radius 1 is 1.29 bits per heavy atom. The molecule has 1 aromatic heterocycles. The number of carbonyl (C=O) groups is 1. The fourth-order valence-electron chi connectivity index (χ4n) is 1.41. The van der Waals surface area contributed by atoms with Crippen LogP contribution in [0.15, 0.2) is 41.2 Å². The van der Waals surface area contributed by atoms with E-state index in [2.05, 4.69) is 20.3 Å². The third-order valence-corrected chi connectivity index (χ3v) is 2.22. The minimum atomic E-state index is -0.184. The van der Waals surface area contributed by atoms with Crippen LogP contribution >= 0.6 is 0 Å². The van der Waals surface area contributed by atoms with E-state index in [1.165, 1.54) is 12.5 Å². The van der Waals surface area contributed by atoms with Crippen LogP contribution in [0.2, 0.25) is 0 Å². The van der Waals surface area contributed by atoms with Crippen molar-refractivity contribution in [2.24, 2.45) is 0 Å². The quantitative estimate of drug-likeness (QED) is 0.847. The molecule has 0 radical (unpaired) electrons. The van der Waals surface area contributed by atoms with Gasteiger partial charge in [-0.15, -0.1) is 0 Å². The van der Waals surface area contributed by atoms with Gasteiger partial charge in [-0.1, -0.05) is 5.16 Å². The maximum absolute atomic E-state index is 11.8. The molecule has 0 spiro atoms. The number of hydrogen-bond donors (Lipinski definition) is 2. The summed E-state index contributed by atoms with van der Waals surface area (Å²) in [4.78, 5) is 11.8. The van der Waals surface area contributed by atoms with Gasteiger partial charge in [0.15, 0.2) is 0 Å². The molecule has 5 nitrogen and oxygen atoms in total. The Labute approximate surface area is 98.8 Å². The Morgan fingerprint density at radius 2 is 2.06 bits per heavy atom. The van der Waals surface area contributed by atoms with Crippen LogP contribution < -0.4 is 10.6 Å². The molecule has 0 aliphatic carbocycles. The summed E-state index contributed by atoms with van der Waals surface area (Å²) in [6.07, 6.45) is 2.83. The van der Waals surface area contributed by atoms with E-state index < -0.39 is 0 Å². The lowest BCUT2D eigenvalue weighted by Gasteiger charge is -2.05. The van der Waals surface area contributed by atoms with E-state index in [0.717, 1.165) is 12.2 Å². The van der Waals surface area contributed by atoms with Crippen LogP contribution in [0.25, 0.3) is 0 Å². The molecule has 0 fully saturated rings. The Kier molecular flexibility index (Phi) is 3.40. The molecule has 5 heteroatoms. The highest BCUT2D eigenvalue weighted by molar-refractivity contribution is 6.04. The van der Waals surface area contributed by atoms with E-state index in [9.17, 15) is 4.79 Å². The second-order valence-electron chi connectivity index (χ2n) is 3.47. The predicted octanol–water partition coefficient (Wildman–Crippen LogP) is 2.36. The molecule has 2 rings (SSSR count). The topological polar surface area (TPSA) is 67.2 Å². The predicted molar refractivity (Wildman–Crippen MR) is 65.1 cm³/mol. The summed E-state index contributed by atoms with van der Waals surface area (Å²) in [6.45, 7) is 2.87. The number of nitrogens with zero attached hydrogens (tertiary/aromatic N) is 1. The zero-order chi connectivity index (χ0) is 12.1.